The molecule has 5 rings (SSSR count). The van der Waals surface area contributed by atoms with E-state index in [0.717, 1.165) is 55.2 Å². The number of rotatable bonds is 7. The molecule has 1 saturated heterocycles. The van der Waals surface area contributed by atoms with Gasteiger partial charge in [-0.05, 0) is 44.4 Å². The summed E-state index contributed by atoms with van der Waals surface area (Å²) in [5.74, 6) is 2.13. The second-order valence-electron chi connectivity index (χ2n) is 8.31. The van der Waals surface area contributed by atoms with Crippen LogP contribution in [0.5, 0.6) is 0 Å². The monoisotopic (exact) mass is 365 g/mol. The topological polar surface area (TPSA) is 49.6 Å². The predicted molar refractivity (Wildman–Crippen MR) is 104 cm³/mol. The molecule has 0 spiro atoms. The summed E-state index contributed by atoms with van der Waals surface area (Å²) in [6.45, 7) is 3.52. The third-order valence-electron chi connectivity index (χ3n) is 5.97. The number of amides is 1. The molecule has 0 unspecified atom stereocenters. The molecule has 2 heterocycles. The Hall–Kier alpha value is -2.30. The molecule has 0 radical (unpaired) electrons. The van der Waals surface area contributed by atoms with Gasteiger partial charge in [-0.25, -0.2) is 0 Å². The molecule has 5 nitrogen and oxygen atoms in total. The van der Waals surface area contributed by atoms with Gasteiger partial charge in [0.15, 0.2) is 0 Å². The lowest BCUT2D eigenvalue weighted by Crippen LogP contribution is -2.34. The van der Waals surface area contributed by atoms with E-state index < -0.39 is 0 Å². The van der Waals surface area contributed by atoms with E-state index in [1.54, 1.807) is 0 Å². The Morgan fingerprint density at radius 1 is 1.11 bits per heavy atom. The Bertz CT molecular complexity index is 802. The minimum atomic E-state index is 0.249. The molecule has 1 aromatic carbocycles. The van der Waals surface area contributed by atoms with Crippen molar-refractivity contribution in [2.24, 2.45) is 11.8 Å². The molecule has 142 valence electrons. The number of carbonyl (C=O) groups is 1. The molecule has 2 aromatic rings. The smallest absolute Gasteiger partial charge is 0.232 e. The zero-order valence-corrected chi connectivity index (χ0v) is 15.8. The molecular weight excluding hydrogens is 338 g/mol. The van der Waals surface area contributed by atoms with Crippen LogP contribution in [0.1, 0.15) is 44.1 Å². The van der Waals surface area contributed by atoms with Crippen LogP contribution >= 0.6 is 0 Å². The van der Waals surface area contributed by atoms with Crippen molar-refractivity contribution in [3.8, 4) is 11.3 Å². The third-order valence-corrected chi connectivity index (χ3v) is 5.97. The summed E-state index contributed by atoms with van der Waals surface area (Å²) in [6.07, 6.45) is 6.98. The molecule has 3 aliphatic rings. The van der Waals surface area contributed by atoms with Gasteiger partial charge in [0, 0.05) is 31.1 Å². The summed E-state index contributed by atoms with van der Waals surface area (Å²) >= 11 is 0. The van der Waals surface area contributed by atoms with Gasteiger partial charge in [-0.2, -0.15) is 0 Å². The molecule has 2 aliphatic carbocycles. The molecule has 3 fully saturated rings. The van der Waals surface area contributed by atoms with Crippen molar-refractivity contribution in [2.45, 2.75) is 45.1 Å². The largest absolute Gasteiger partial charge is 0.340 e. The molecule has 1 aliphatic heterocycles. The van der Waals surface area contributed by atoms with Crippen LogP contribution in [0.15, 0.2) is 34.9 Å². The summed E-state index contributed by atoms with van der Waals surface area (Å²) in [6, 6.07) is 10.2. The molecular formula is C22H27N3O2. The van der Waals surface area contributed by atoms with E-state index in [1.165, 1.54) is 25.7 Å². The van der Waals surface area contributed by atoms with Crippen LogP contribution in [0.4, 0.5) is 5.88 Å². The van der Waals surface area contributed by atoms with Gasteiger partial charge in [-0.15, -0.1) is 0 Å². The lowest BCUT2D eigenvalue weighted by molar-refractivity contribution is -0.133. The molecule has 2 saturated carbocycles. The van der Waals surface area contributed by atoms with E-state index >= 15 is 0 Å². The first-order valence-corrected chi connectivity index (χ1v) is 10.4. The highest BCUT2D eigenvalue weighted by molar-refractivity contribution is 5.81. The second kappa shape index (κ2) is 7.02. The van der Waals surface area contributed by atoms with Crippen molar-refractivity contribution < 1.29 is 9.32 Å². The van der Waals surface area contributed by atoms with Crippen LogP contribution < -0.4 is 4.90 Å². The SMILES string of the molecule is O=C(C1CC1)N(Cc1c(-c2ccccc2)noc1N1CCCC1)CC1CC1. The maximum atomic E-state index is 12.9. The molecule has 0 bridgehead atoms. The summed E-state index contributed by atoms with van der Waals surface area (Å²) in [5.41, 5.74) is 3.03. The van der Waals surface area contributed by atoms with Gasteiger partial charge in [0.2, 0.25) is 11.8 Å². The Morgan fingerprint density at radius 3 is 2.52 bits per heavy atom. The average molecular weight is 365 g/mol. The Kier molecular flexibility index (Phi) is 4.38. The number of anilines is 1. The zero-order valence-electron chi connectivity index (χ0n) is 15.8. The molecule has 0 atom stereocenters. The molecule has 5 heteroatoms. The third kappa shape index (κ3) is 3.60. The van der Waals surface area contributed by atoms with Gasteiger partial charge < -0.3 is 14.3 Å². The van der Waals surface area contributed by atoms with Crippen LogP contribution in [0.3, 0.4) is 0 Å². The first-order valence-electron chi connectivity index (χ1n) is 10.4. The fraction of sp³-hybridized carbons (Fsp3) is 0.545. The van der Waals surface area contributed by atoms with Gasteiger partial charge in [-0.1, -0.05) is 35.5 Å². The predicted octanol–water partition coefficient (Wildman–Crippen LogP) is 4.09. The second-order valence-corrected chi connectivity index (χ2v) is 8.31. The normalized spacial score (nSPS) is 19.5. The number of hydrogen-bond acceptors (Lipinski definition) is 4. The molecule has 27 heavy (non-hydrogen) atoms. The molecule has 1 aromatic heterocycles. The highest BCUT2D eigenvalue weighted by Crippen LogP contribution is 2.38. The number of aromatic nitrogens is 1. The van der Waals surface area contributed by atoms with Gasteiger partial charge in [0.1, 0.15) is 5.69 Å². The first-order chi connectivity index (χ1) is 13.3. The van der Waals surface area contributed by atoms with Gasteiger partial charge in [0.05, 0.1) is 12.1 Å². The highest BCUT2D eigenvalue weighted by atomic mass is 16.5. The summed E-state index contributed by atoms with van der Waals surface area (Å²) in [4.78, 5) is 17.3. The Balaban J connectivity index is 1.49. The lowest BCUT2D eigenvalue weighted by Gasteiger charge is -2.24. The van der Waals surface area contributed by atoms with Crippen LogP contribution in [0, 0.1) is 11.8 Å². The van der Waals surface area contributed by atoms with Gasteiger partial charge >= 0.3 is 0 Å². The van der Waals surface area contributed by atoms with Crippen molar-refractivity contribution in [3.05, 3.63) is 35.9 Å². The fourth-order valence-electron chi connectivity index (χ4n) is 4.06. The number of carbonyl (C=O) groups excluding carboxylic acids is 1. The maximum absolute atomic E-state index is 12.9. The zero-order chi connectivity index (χ0) is 18.2. The van der Waals surface area contributed by atoms with E-state index in [9.17, 15) is 4.79 Å². The highest BCUT2D eigenvalue weighted by Gasteiger charge is 2.37. The summed E-state index contributed by atoms with van der Waals surface area (Å²) < 4.78 is 5.85. The van der Waals surface area contributed by atoms with Crippen LogP contribution in [-0.4, -0.2) is 35.6 Å². The van der Waals surface area contributed by atoms with E-state index in [2.05, 4.69) is 27.1 Å². The maximum Gasteiger partial charge on any atom is 0.232 e. The van der Waals surface area contributed by atoms with Crippen molar-refractivity contribution >= 4 is 11.8 Å². The van der Waals surface area contributed by atoms with Crippen molar-refractivity contribution in [2.75, 3.05) is 24.5 Å². The van der Waals surface area contributed by atoms with Crippen molar-refractivity contribution in [3.63, 3.8) is 0 Å². The minimum Gasteiger partial charge on any atom is -0.340 e. The van der Waals surface area contributed by atoms with Gasteiger partial charge in [-0.3, -0.25) is 4.79 Å². The average Bonchev–Trinajstić information content (AvgIpc) is 3.61. The number of hydrogen-bond donors (Lipinski definition) is 0. The van der Waals surface area contributed by atoms with Crippen LogP contribution in [-0.2, 0) is 11.3 Å². The quantitative estimate of drug-likeness (QED) is 0.741. The number of benzene rings is 1. The van der Waals surface area contributed by atoms with E-state index in [4.69, 9.17) is 4.52 Å². The Labute approximate surface area is 160 Å². The van der Waals surface area contributed by atoms with Crippen LogP contribution in [0.25, 0.3) is 11.3 Å². The van der Waals surface area contributed by atoms with E-state index in [-0.39, 0.29) is 5.92 Å². The molecule has 1 amide bonds. The van der Waals surface area contributed by atoms with Crippen LogP contribution in [0.2, 0.25) is 0 Å². The van der Waals surface area contributed by atoms with E-state index in [0.29, 0.717) is 18.4 Å². The van der Waals surface area contributed by atoms with Gasteiger partial charge in [0.25, 0.3) is 0 Å². The fourth-order valence-corrected chi connectivity index (χ4v) is 4.06. The Morgan fingerprint density at radius 2 is 1.85 bits per heavy atom. The lowest BCUT2D eigenvalue weighted by atomic mass is 10.1. The minimum absolute atomic E-state index is 0.249. The van der Waals surface area contributed by atoms with Crippen molar-refractivity contribution in [1.29, 1.82) is 0 Å². The van der Waals surface area contributed by atoms with E-state index in [1.807, 2.05) is 18.2 Å². The standard InChI is InChI=1S/C22H27N3O2/c26-21(18-10-11-18)25(14-16-8-9-16)15-19-20(17-6-2-1-3-7-17)23-27-22(19)24-12-4-5-13-24/h1-3,6-7,16,18H,4-5,8-15H2. The first kappa shape index (κ1) is 16.8. The number of nitrogens with zero attached hydrogens (tertiary/aromatic N) is 3. The van der Waals surface area contributed by atoms with Crippen molar-refractivity contribution in [1.82, 2.24) is 10.1 Å². The summed E-state index contributed by atoms with van der Waals surface area (Å²) in [5, 5.41) is 4.44. The molecule has 0 N–H and O–H groups in total. The summed E-state index contributed by atoms with van der Waals surface area (Å²) in [7, 11) is 0.